The number of carbonyl (C=O) groups excluding carboxylic acids is 1. The summed E-state index contributed by atoms with van der Waals surface area (Å²) in [5, 5.41) is 9.20. The van der Waals surface area contributed by atoms with E-state index in [2.05, 4.69) is 15.4 Å². The van der Waals surface area contributed by atoms with Gasteiger partial charge in [0, 0.05) is 24.2 Å². The lowest BCUT2D eigenvalue weighted by Gasteiger charge is -2.18. The van der Waals surface area contributed by atoms with Crippen LogP contribution in [0.4, 0.5) is 5.13 Å². The normalized spacial score (nSPS) is 12.9. The summed E-state index contributed by atoms with van der Waals surface area (Å²) in [4.78, 5) is 16.7. The number of rotatable bonds is 3. The lowest BCUT2D eigenvalue weighted by atomic mass is 10.1. The van der Waals surface area contributed by atoms with Gasteiger partial charge in [0.15, 0.2) is 16.6 Å². The first-order valence-corrected chi connectivity index (χ1v) is 8.23. The van der Waals surface area contributed by atoms with Crippen molar-refractivity contribution in [2.24, 2.45) is 7.05 Å². The maximum atomic E-state index is 12.2. The first-order valence-electron chi connectivity index (χ1n) is 7.35. The quantitative estimate of drug-likeness (QED) is 0.791. The van der Waals surface area contributed by atoms with Crippen molar-refractivity contribution in [3.63, 3.8) is 0 Å². The van der Waals surface area contributed by atoms with E-state index < -0.39 is 0 Å². The summed E-state index contributed by atoms with van der Waals surface area (Å²) in [6.07, 6.45) is 1.58. The van der Waals surface area contributed by atoms with Gasteiger partial charge in [-0.1, -0.05) is 0 Å². The summed E-state index contributed by atoms with van der Waals surface area (Å²) in [6, 6.07) is 7.35. The van der Waals surface area contributed by atoms with E-state index in [0.717, 1.165) is 17.0 Å². The van der Waals surface area contributed by atoms with Crippen LogP contribution < -0.4 is 14.8 Å². The summed E-state index contributed by atoms with van der Waals surface area (Å²) in [5.41, 5.74) is 2.17. The second kappa shape index (κ2) is 5.97. The van der Waals surface area contributed by atoms with Crippen LogP contribution in [-0.2, 0) is 7.05 Å². The van der Waals surface area contributed by atoms with Crippen LogP contribution in [0.1, 0.15) is 10.5 Å². The van der Waals surface area contributed by atoms with E-state index in [1.54, 1.807) is 19.3 Å². The van der Waals surface area contributed by atoms with Gasteiger partial charge < -0.3 is 9.47 Å². The summed E-state index contributed by atoms with van der Waals surface area (Å²) < 4.78 is 12.6. The number of benzene rings is 1. The average Bonchev–Trinajstić information content (AvgIpc) is 3.23. The Morgan fingerprint density at radius 3 is 2.88 bits per heavy atom. The number of amides is 1. The number of nitrogens with zero attached hydrogens (tertiary/aromatic N) is 3. The van der Waals surface area contributed by atoms with Crippen LogP contribution in [0.2, 0.25) is 0 Å². The smallest absolute Gasteiger partial charge is 0.275 e. The van der Waals surface area contributed by atoms with Gasteiger partial charge in [0.25, 0.3) is 5.91 Å². The number of aryl methyl sites for hydroxylation is 1. The van der Waals surface area contributed by atoms with Gasteiger partial charge in [-0.25, -0.2) is 4.98 Å². The fourth-order valence-electron chi connectivity index (χ4n) is 2.42. The van der Waals surface area contributed by atoms with Crippen molar-refractivity contribution in [1.29, 1.82) is 0 Å². The molecule has 0 bridgehead atoms. The van der Waals surface area contributed by atoms with E-state index >= 15 is 0 Å². The van der Waals surface area contributed by atoms with Crippen LogP contribution in [-0.4, -0.2) is 33.9 Å². The van der Waals surface area contributed by atoms with Crippen molar-refractivity contribution in [3.05, 3.63) is 41.5 Å². The highest BCUT2D eigenvalue weighted by molar-refractivity contribution is 7.14. The third kappa shape index (κ3) is 2.71. The van der Waals surface area contributed by atoms with Crippen molar-refractivity contribution in [2.75, 3.05) is 18.5 Å². The molecule has 0 unspecified atom stereocenters. The molecular formula is C16H14N4O3S. The minimum absolute atomic E-state index is 0.238. The minimum Gasteiger partial charge on any atom is -0.486 e. The molecule has 122 valence electrons. The molecule has 3 aromatic rings. The summed E-state index contributed by atoms with van der Waals surface area (Å²) in [6.45, 7) is 1.10. The molecule has 1 N–H and O–H groups in total. The Labute approximate surface area is 141 Å². The van der Waals surface area contributed by atoms with Gasteiger partial charge in [0.1, 0.15) is 18.9 Å². The van der Waals surface area contributed by atoms with Gasteiger partial charge in [-0.05, 0) is 24.3 Å². The fraction of sp³-hybridized carbons (Fsp3) is 0.188. The maximum Gasteiger partial charge on any atom is 0.275 e. The molecule has 0 radical (unpaired) electrons. The molecular weight excluding hydrogens is 328 g/mol. The highest BCUT2D eigenvalue weighted by Gasteiger charge is 2.15. The first-order chi connectivity index (χ1) is 11.7. The third-order valence-electron chi connectivity index (χ3n) is 3.62. The Bertz CT molecular complexity index is 902. The number of thiazole rings is 1. The Morgan fingerprint density at radius 1 is 1.25 bits per heavy atom. The predicted octanol–water partition coefficient (Wildman–Crippen LogP) is 2.57. The predicted molar refractivity (Wildman–Crippen MR) is 89.7 cm³/mol. The number of hydrogen-bond acceptors (Lipinski definition) is 6. The van der Waals surface area contributed by atoms with E-state index in [1.807, 2.05) is 23.6 Å². The molecule has 0 fully saturated rings. The standard InChI is InChI=1S/C16H14N4O3S/c1-20-12(4-5-17-20)15(21)19-16-18-11(9-24-16)10-2-3-13-14(8-10)23-7-6-22-13/h2-5,8-9H,6-7H2,1H3,(H,18,19,21). The number of anilines is 1. The molecule has 1 amide bonds. The topological polar surface area (TPSA) is 78.3 Å². The van der Waals surface area contributed by atoms with Gasteiger partial charge in [-0.2, -0.15) is 5.10 Å². The molecule has 7 nitrogen and oxygen atoms in total. The summed E-state index contributed by atoms with van der Waals surface area (Å²) in [5.74, 6) is 1.22. The van der Waals surface area contributed by atoms with E-state index in [0.29, 0.717) is 29.8 Å². The molecule has 3 heterocycles. The Balaban J connectivity index is 1.54. The van der Waals surface area contributed by atoms with Gasteiger partial charge >= 0.3 is 0 Å². The highest BCUT2D eigenvalue weighted by Crippen LogP contribution is 2.35. The molecule has 0 saturated heterocycles. The lowest BCUT2D eigenvalue weighted by Crippen LogP contribution is -2.16. The second-order valence-corrected chi connectivity index (χ2v) is 6.05. The first kappa shape index (κ1) is 14.7. The van der Waals surface area contributed by atoms with Crippen molar-refractivity contribution < 1.29 is 14.3 Å². The summed E-state index contributed by atoms with van der Waals surface area (Å²) >= 11 is 1.37. The van der Waals surface area contributed by atoms with Gasteiger partial charge in [-0.15, -0.1) is 11.3 Å². The molecule has 1 aliphatic heterocycles. The molecule has 0 saturated carbocycles. The van der Waals surface area contributed by atoms with Crippen molar-refractivity contribution >= 4 is 22.4 Å². The second-order valence-electron chi connectivity index (χ2n) is 5.19. The lowest BCUT2D eigenvalue weighted by molar-refractivity contribution is 0.101. The SMILES string of the molecule is Cn1nccc1C(=O)Nc1nc(-c2ccc3c(c2)OCCO3)cs1. The zero-order valence-electron chi connectivity index (χ0n) is 12.9. The molecule has 1 aliphatic rings. The zero-order valence-corrected chi connectivity index (χ0v) is 13.7. The molecule has 8 heteroatoms. The average molecular weight is 342 g/mol. The number of fused-ring (bicyclic) bond motifs is 1. The number of ether oxygens (including phenoxy) is 2. The molecule has 1 aromatic carbocycles. The third-order valence-corrected chi connectivity index (χ3v) is 4.37. The number of carbonyl (C=O) groups is 1. The van der Waals surface area contributed by atoms with Crippen LogP contribution in [0, 0.1) is 0 Å². The molecule has 0 aliphatic carbocycles. The van der Waals surface area contributed by atoms with E-state index in [9.17, 15) is 4.79 Å². The Hall–Kier alpha value is -2.87. The van der Waals surface area contributed by atoms with E-state index in [1.165, 1.54) is 16.0 Å². The van der Waals surface area contributed by atoms with Gasteiger partial charge in [-0.3, -0.25) is 14.8 Å². The number of aromatic nitrogens is 3. The monoisotopic (exact) mass is 342 g/mol. The van der Waals surface area contributed by atoms with Crippen LogP contribution in [0.15, 0.2) is 35.8 Å². The van der Waals surface area contributed by atoms with Crippen molar-refractivity contribution in [3.8, 4) is 22.8 Å². The molecule has 0 spiro atoms. The fourth-order valence-corrected chi connectivity index (χ4v) is 3.14. The molecule has 4 rings (SSSR count). The zero-order chi connectivity index (χ0) is 16.5. The number of nitrogens with one attached hydrogen (secondary N) is 1. The van der Waals surface area contributed by atoms with Gasteiger partial charge in [0.2, 0.25) is 0 Å². The highest BCUT2D eigenvalue weighted by atomic mass is 32.1. The van der Waals surface area contributed by atoms with Crippen LogP contribution >= 0.6 is 11.3 Å². The van der Waals surface area contributed by atoms with Crippen LogP contribution in [0.25, 0.3) is 11.3 Å². The molecule has 2 aromatic heterocycles. The van der Waals surface area contributed by atoms with E-state index in [-0.39, 0.29) is 5.91 Å². The maximum absolute atomic E-state index is 12.2. The summed E-state index contributed by atoms with van der Waals surface area (Å²) in [7, 11) is 1.72. The molecule has 0 atom stereocenters. The van der Waals surface area contributed by atoms with Gasteiger partial charge in [0.05, 0.1) is 5.69 Å². The Morgan fingerprint density at radius 2 is 2.08 bits per heavy atom. The minimum atomic E-state index is -0.238. The molecule has 24 heavy (non-hydrogen) atoms. The van der Waals surface area contributed by atoms with E-state index in [4.69, 9.17) is 9.47 Å². The van der Waals surface area contributed by atoms with Crippen molar-refractivity contribution in [2.45, 2.75) is 0 Å². The van der Waals surface area contributed by atoms with Crippen LogP contribution in [0.3, 0.4) is 0 Å². The largest absolute Gasteiger partial charge is 0.486 e. The Kier molecular flexibility index (Phi) is 3.66. The van der Waals surface area contributed by atoms with Crippen molar-refractivity contribution in [1.82, 2.24) is 14.8 Å². The number of hydrogen-bond donors (Lipinski definition) is 1. The van der Waals surface area contributed by atoms with Crippen LogP contribution in [0.5, 0.6) is 11.5 Å².